The molecule has 1 aromatic carbocycles. The molecule has 0 spiro atoms. The van der Waals surface area contributed by atoms with Crippen molar-refractivity contribution >= 4 is 27.7 Å². The van der Waals surface area contributed by atoms with Crippen LogP contribution in [0.5, 0.6) is 0 Å². The molecule has 0 aliphatic heterocycles. The first-order chi connectivity index (χ1) is 9.93. The van der Waals surface area contributed by atoms with Crippen molar-refractivity contribution in [2.75, 3.05) is 19.6 Å². The van der Waals surface area contributed by atoms with E-state index in [1.165, 1.54) is 0 Å². The first kappa shape index (κ1) is 17.4. The Labute approximate surface area is 134 Å². The predicted molar refractivity (Wildman–Crippen MR) is 88.2 cm³/mol. The lowest BCUT2D eigenvalue weighted by Gasteiger charge is -2.21. The lowest BCUT2D eigenvalue weighted by atomic mass is 10.2. The Morgan fingerprint density at radius 3 is 2.43 bits per heavy atom. The molecule has 0 aliphatic carbocycles. The second-order valence-electron chi connectivity index (χ2n) is 4.88. The molecule has 0 bridgehead atoms. The highest BCUT2D eigenvalue weighted by Gasteiger charge is 2.12. The van der Waals surface area contributed by atoms with Crippen LogP contribution < -0.4 is 5.32 Å². The van der Waals surface area contributed by atoms with Gasteiger partial charge in [-0.15, -0.1) is 0 Å². The molecule has 2 amide bonds. The van der Waals surface area contributed by atoms with Gasteiger partial charge in [0.1, 0.15) is 0 Å². The highest BCUT2D eigenvalue weighted by atomic mass is 79.9. The first-order valence-electron chi connectivity index (χ1n) is 6.90. The molecule has 21 heavy (non-hydrogen) atoms. The molecule has 1 rings (SSSR count). The summed E-state index contributed by atoms with van der Waals surface area (Å²) in [4.78, 5) is 25.6. The Bertz CT molecular complexity index is 512. The molecular weight excluding hydrogens is 332 g/mol. The molecule has 114 valence electrons. The van der Waals surface area contributed by atoms with Crippen LogP contribution in [0.15, 0.2) is 40.9 Å². The summed E-state index contributed by atoms with van der Waals surface area (Å²) in [5, 5.41) is 2.76. The number of halogens is 1. The lowest BCUT2D eigenvalue weighted by molar-refractivity contribution is -0.130. The van der Waals surface area contributed by atoms with Crippen molar-refractivity contribution in [1.29, 1.82) is 0 Å². The van der Waals surface area contributed by atoms with Crippen LogP contribution in [-0.2, 0) is 4.79 Å². The van der Waals surface area contributed by atoms with Gasteiger partial charge in [0.05, 0.1) is 0 Å². The monoisotopic (exact) mass is 352 g/mol. The quantitative estimate of drug-likeness (QED) is 0.766. The maximum absolute atomic E-state index is 12.0. The van der Waals surface area contributed by atoms with Gasteiger partial charge in [-0.1, -0.05) is 28.1 Å². The number of amides is 2. The number of benzene rings is 1. The number of hydrogen-bond acceptors (Lipinski definition) is 2. The number of likely N-dealkylation sites (N-methyl/N-ethyl adjacent to an activating group) is 1. The minimum Gasteiger partial charge on any atom is -0.352 e. The van der Waals surface area contributed by atoms with Gasteiger partial charge >= 0.3 is 0 Å². The van der Waals surface area contributed by atoms with E-state index in [0.717, 1.165) is 10.0 Å². The lowest BCUT2D eigenvalue weighted by Crippen LogP contribution is -2.35. The van der Waals surface area contributed by atoms with Crippen molar-refractivity contribution in [3.8, 4) is 0 Å². The van der Waals surface area contributed by atoms with E-state index in [1.807, 2.05) is 26.0 Å². The Morgan fingerprint density at radius 1 is 1.29 bits per heavy atom. The molecule has 0 aliphatic rings. The number of nitrogens with one attached hydrogen (secondary N) is 1. The smallest absolute Gasteiger partial charge is 0.251 e. The van der Waals surface area contributed by atoms with E-state index >= 15 is 0 Å². The molecule has 0 unspecified atom stereocenters. The highest BCUT2D eigenvalue weighted by Crippen LogP contribution is 2.10. The van der Waals surface area contributed by atoms with Gasteiger partial charge in [0.2, 0.25) is 5.91 Å². The van der Waals surface area contributed by atoms with Crippen molar-refractivity contribution in [3.63, 3.8) is 0 Å². The third kappa shape index (κ3) is 6.12. The number of rotatable bonds is 7. The Morgan fingerprint density at radius 2 is 1.90 bits per heavy atom. The van der Waals surface area contributed by atoms with Crippen molar-refractivity contribution < 1.29 is 9.59 Å². The van der Waals surface area contributed by atoms with Crippen LogP contribution in [0.1, 0.15) is 30.6 Å². The summed E-state index contributed by atoms with van der Waals surface area (Å²) in [6.45, 7) is 9.18. The van der Waals surface area contributed by atoms with Crippen LogP contribution in [-0.4, -0.2) is 36.3 Å². The minimum atomic E-state index is -0.168. The standard InChI is InChI=1S/C16H21BrN2O2/c1-4-19(11-12(2)3)15(20)9-10-18-16(21)13-5-7-14(17)8-6-13/h5-8H,2,4,9-11H2,1,3H3,(H,18,21). The second-order valence-corrected chi connectivity index (χ2v) is 5.79. The van der Waals surface area contributed by atoms with Gasteiger partial charge in [-0.3, -0.25) is 9.59 Å². The Balaban J connectivity index is 2.41. The van der Waals surface area contributed by atoms with Gasteiger partial charge < -0.3 is 10.2 Å². The molecule has 5 heteroatoms. The van der Waals surface area contributed by atoms with Gasteiger partial charge in [0, 0.05) is 36.1 Å². The fourth-order valence-corrected chi connectivity index (χ4v) is 2.11. The highest BCUT2D eigenvalue weighted by molar-refractivity contribution is 9.10. The third-order valence-corrected chi connectivity index (χ3v) is 3.45. The van der Waals surface area contributed by atoms with E-state index in [2.05, 4.69) is 27.8 Å². The zero-order chi connectivity index (χ0) is 15.8. The molecule has 0 saturated heterocycles. The van der Waals surface area contributed by atoms with Crippen LogP contribution in [0.25, 0.3) is 0 Å². The number of carbonyl (C=O) groups excluding carboxylic acids is 2. The molecule has 0 atom stereocenters. The summed E-state index contributed by atoms with van der Waals surface area (Å²) in [5.74, 6) is -0.144. The maximum atomic E-state index is 12.0. The van der Waals surface area contributed by atoms with Crippen molar-refractivity contribution in [2.45, 2.75) is 20.3 Å². The molecule has 1 N–H and O–H groups in total. The third-order valence-electron chi connectivity index (χ3n) is 2.93. The molecule has 0 radical (unpaired) electrons. The van der Waals surface area contributed by atoms with Gasteiger partial charge in [0.25, 0.3) is 5.91 Å². The van der Waals surface area contributed by atoms with E-state index in [4.69, 9.17) is 0 Å². The summed E-state index contributed by atoms with van der Waals surface area (Å²) in [7, 11) is 0. The Hall–Kier alpha value is -1.62. The van der Waals surface area contributed by atoms with Crippen LogP contribution in [0.3, 0.4) is 0 Å². The zero-order valence-corrected chi connectivity index (χ0v) is 14.1. The maximum Gasteiger partial charge on any atom is 0.251 e. The number of nitrogens with zero attached hydrogens (tertiary/aromatic N) is 1. The topological polar surface area (TPSA) is 49.4 Å². The Kier molecular flexibility index (Phi) is 7.15. The van der Waals surface area contributed by atoms with E-state index < -0.39 is 0 Å². The van der Waals surface area contributed by atoms with Crippen LogP contribution in [0, 0.1) is 0 Å². The molecular formula is C16H21BrN2O2. The average Bonchev–Trinajstić information content (AvgIpc) is 2.44. The molecule has 4 nitrogen and oxygen atoms in total. The van der Waals surface area contributed by atoms with Crippen molar-refractivity contribution in [2.24, 2.45) is 0 Å². The summed E-state index contributed by atoms with van der Waals surface area (Å²) < 4.78 is 0.924. The molecule has 0 fully saturated rings. The van der Waals surface area contributed by atoms with Crippen molar-refractivity contribution in [1.82, 2.24) is 10.2 Å². The molecule has 0 saturated carbocycles. The minimum absolute atomic E-state index is 0.0246. The van der Waals surface area contributed by atoms with Crippen LogP contribution in [0.4, 0.5) is 0 Å². The van der Waals surface area contributed by atoms with E-state index in [-0.39, 0.29) is 11.8 Å². The molecule has 0 heterocycles. The number of hydrogen-bond donors (Lipinski definition) is 1. The van der Waals surface area contributed by atoms with E-state index in [1.54, 1.807) is 17.0 Å². The van der Waals surface area contributed by atoms with Gasteiger partial charge in [-0.2, -0.15) is 0 Å². The van der Waals surface area contributed by atoms with Gasteiger partial charge in [0.15, 0.2) is 0 Å². The largest absolute Gasteiger partial charge is 0.352 e. The van der Waals surface area contributed by atoms with Gasteiger partial charge in [-0.05, 0) is 38.1 Å². The van der Waals surface area contributed by atoms with Crippen LogP contribution >= 0.6 is 15.9 Å². The summed E-state index contributed by atoms with van der Waals surface area (Å²) >= 11 is 3.32. The van der Waals surface area contributed by atoms with Gasteiger partial charge in [-0.25, -0.2) is 0 Å². The molecule has 0 aromatic heterocycles. The zero-order valence-electron chi connectivity index (χ0n) is 12.5. The fourth-order valence-electron chi connectivity index (χ4n) is 1.85. The van der Waals surface area contributed by atoms with E-state index in [9.17, 15) is 9.59 Å². The fraction of sp³-hybridized carbons (Fsp3) is 0.375. The predicted octanol–water partition coefficient (Wildman–Crippen LogP) is 2.99. The first-order valence-corrected chi connectivity index (χ1v) is 7.69. The van der Waals surface area contributed by atoms with Crippen molar-refractivity contribution in [3.05, 3.63) is 46.5 Å². The normalized spacial score (nSPS) is 10.0. The number of carbonyl (C=O) groups is 2. The summed E-state index contributed by atoms with van der Waals surface area (Å²) in [6, 6.07) is 7.10. The summed E-state index contributed by atoms with van der Waals surface area (Å²) in [6.07, 6.45) is 0.295. The summed E-state index contributed by atoms with van der Waals surface area (Å²) in [5.41, 5.74) is 1.53. The SMILES string of the molecule is C=C(C)CN(CC)C(=O)CCNC(=O)c1ccc(Br)cc1. The van der Waals surface area contributed by atoms with E-state index in [0.29, 0.717) is 31.6 Å². The van der Waals surface area contributed by atoms with Crippen LogP contribution in [0.2, 0.25) is 0 Å². The molecule has 1 aromatic rings. The average molecular weight is 353 g/mol. The second kappa shape index (κ2) is 8.62.